The Bertz CT molecular complexity index is 1220. The van der Waals surface area contributed by atoms with Crippen molar-refractivity contribution in [3.63, 3.8) is 0 Å². The van der Waals surface area contributed by atoms with Gasteiger partial charge in [0.1, 0.15) is 4.34 Å². The van der Waals surface area contributed by atoms with Gasteiger partial charge in [-0.2, -0.15) is 4.80 Å². The fourth-order valence-electron chi connectivity index (χ4n) is 2.69. The van der Waals surface area contributed by atoms with Crippen LogP contribution in [0.25, 0.3) is 11.4 Å². The Morgan fingerprint density at radius 3 is 2.35 bits per heavy atom. The van der Waals surface area contributed by atoms with Crippen LogP contribution in [0.15, 0.2) is 60.7 Å². The monoisotopic (exact) mass is 472 g/mol. The molecular formula is C20H14Cl2N6O2S. The highest BCUT2D eigenvalue weighted by atomic mass is 35.5. The van der Waals surface area contributed by atoms with E-state index in [0.29, 0.717) is 22.3 Å². The minimum atomic E-state index is -0.551. The Morgan fingerprint density at radius 2 is 1.68 bits per heavy atom. The maximum Gasteiger partial charge on any atom is 0.272 e. The summed E-state index contributed by atoms with van der Waals surface area (Å²) in [5, 5.41) is 12.5. The number of nitrogens with one attached hydrogen (secondary N) is 2. The van der Waals surface area contributed by atoms with E-state index in [9.17, 15) is 9.59 Å². The molecule has 0 saturated carbocycles. The molecule has 0 unspecified atom stereocenters. The molecule has 2 aromatic heterocycles. The SMILES string of the molecule is O=C(NNC(=O)c1cc(Cl)sc1Cl)c1ccc(Cn2nnc(-c3ccccc3)n2)cc1. The molecule has 0 saturated heterocycles. The Kier molecular flexibility index (Phi) is 6.26. The number of carbonyl (C=O) groups is 2. The second-order valence-electron chi connectivity index (χ2n) is 6.35. The summed E-state index contributed by atoms with van der Waals surface area (Å²) in [7, 11) is 0. The summed E-state index contributed by atoms with van der Waals surface area (Å²) in [5.41, 5.74) is 7.00. The molecule has 0 atom stereocenters. The van der Waals surface area contributed by atoms with Gasteiger partial charge in [-0.05, 0) is 29.0 Å². The number of thiophene rings is 1. The molecular weight excluding hydrogens is 459 g/mol. The molecule has 2 amide bonds. The van der Waals surface area contributed by atoms with Crippen molar-refractivity contribution in [3.05, 3.63) is 86.0 Å². The number of rotatable bonds is 5. The molecule has 4 aromatic rings. The van der Waals surface area contributed by atoms with Gasteiger partial charge < -0.3 is 0 Å². The Morgan fingerprint density at radius 1 is 0.968 bits per heavy atom. The van der Waals surface area contributed by atoms with Gasteiger partial charge in [0.2, 0.25) is 5.82 Å². The predicted octanol–water partition coefficient (Wildman–Crippen LogP) is 3.83. The number of aromatic nitrogens is 4. The normalized spacial score (nSPS) is 10.6. The average Bonchev–Trinajstić information content (AvgIpc) is 3.38. The Labute approximate surface area is 190 Å². The van der Waals surface area contributed by atoms with E-state index in [1.807, 2.05) is 30.3 Å². The predicted molar refractivity (Wildman–Crippen MR) is 118 cm³/mol. The maximum atomic E-state index is 12.3. The summed E-state index contributed by atoms with van der Waals surface area (Å²) in [5.74, 6) is -0.480. The molecule has 8 nitrogen and oxygen atoms in total. The largest absolute Gasteiger partial charge is 0.272 e. The summed E-state index contributed by atoms with van der Waals surface area (Å²) in [4.78, 5) is 25.8. The van der Waals surface area contributed by atoms with Gasteiger partial charge in [0.15, 0.2) is 0 Å². The van der Waals surface area contributed by atoms with Crippen molar-refractivity contribution >= 4 is 46.4 Å². The van der Waals surface area contributed by atoms with Gasteiger partial charge >= 0.3 is 0 Å². The van der Waals surface area contributed by atoms with E-state index in [2.05, 4.69) is 26.3 Å². The lowest BCUT2D eigenvalue weighted by atomic mass is 10.1. The molecule has 0 aliphatic heterocycles. The lowest BCUT2D eigenvalue weighted by molar-refractivity contribution is 0.0847. The van der Waals surface area contributed by atoms with Crippen LogP contribution in [0.2, 0.25) is 8.67 Å². The lowest BCUT2D eigenvalue weighted by Gasteiger charge is -2.07. The minimum absolute atomic E-state index is 0.197. The molecule has 2 heterocycles. The lowest BCUT2D eigenvalue weighted by Crippen LogP contribution is -2.41. The molecule has 0 radical (unpaired) electrons. The highest BCUT2D eigenvalue weighted by molar-refractivity contribution is 7.20. The number of hydrazine groups is 1. The van der Waals surface area contributed by atoms with Gasteiger partial charge in [0.25, 0.3) is 11.8 Å². The number of benzene rings is 2. The van der Waals surface area contributed by atoms with Crippen LogP contribution >= 0.6 is 34.5 Å². The highest BCUT2D eigenvalue weighted by Crippen LogP contribution is 2.30. The van der Waals surface area contributed by atoms with E-state index in [-0.39, 0.29) is 9.90 Å². The van der Waals surface area contributed by atoms with Crippen molar-refractivity contribution in [2.24, 2.45) is 0 Å². The first-order valence-electron chi connectivity index (χ1n) is 8.97. The topological polar surface area (TPSA) is 102 Å². The van der Waals surface area contributed by atoms with E-state index < -0.39 is 11.8 Å². The van der Waals surface area contributed by atoms with Crippen LogP contribution in [0.1, 0.15) is 26.3 Å². The zero-order valence-electron chi connectivity index (χ0n) is 15.8. The molecule has 0 fully saturated rings. The average molecular weight is 473 g/mol. The third-order valence-corrected chi connectivity index (χ3v) is 5.70. The van der Waals surface area contributed by atoms with E-state index in [4.69, 9.17) is 23.2 Å². The first kappa shape index (κ1) is 21.0. The van der Waals surface area contributed by atoms with Crippen LogP contribution in [0, 0.1) is 0 Å². The standard InChI is InChI=1S/C20H14Cl2N6O2S/c21-16-10-15(17(22)31-16)20(30)25-24-19(29)14-8-6-12(7-9-14)11-28-26-18(23-27-28)13-4-2-1-3-5-13/h1-10H,11H2,(H,24,29)(H,25,30). The quantitative estimate of drug-likeness (QED) is 0.429. The molecule has 31 heavy (non-hydrogen) atoms. The second kappa shape index (κ2) is 9.25. The number of halogens is 2. The van der Waals surface area contributed by atoms with E-state index in [1.54, 1.807) is 24.3 Å². The van der Waals surface area contributed by atoms with Crippen molar-refractivity contribution in [2.75, 3.05) is 0 Å². The van der Waals surface area contributed by atoms with Crippen molar-refractivity contribution in [2.45, 2.75) is 6.54 Å². The fourth-order valence-corrected chi connectivity index (χ4v) is 4.14. The number of hydrogen-bond acceptors (Lipinski definition) is 6. The van der Waals surface area contributed by atoms with Crippen LogP contribution in [0.5, 0.6) is 0 Å². The maximum absolute atomic E-state index is 12.3. The van der Waals surface area contributed by atoms with Gasteiger partial charge in [-0.1, -0.05) is 65.7 Å². The van der Waals surface area contributed by atoms with Crippen LogP contribution in [0.4, 0.5) is 0 Å². The number of hydrogen-bond donors (Lipinski definition) is 2. The summed E-state index contributed by atoms with van der Waals surface area (Å²) < 4.78 is 0.632. The molecule has 11 heteroatoms. The van der Waals surface area contributed by atoms with E-state index in [0.717, 1.165) is 22.5 Å². The van der Waals surface area contributed by atoms with Crippen LogP contribution < -0.4 is 10.9 Å². The molecule has 156 valence electrons. The van der Waals surface area contributed by atoms with Gasteiger partial charge in [0.05, 0.1) is 16.4 Å². The molecule has 0 aliphatic rings. The zero-order chi connectivity index (χ0) is 21.8. The minimum Gasteiger partial charge on any atom is -0.267 e. The van der Waals surface area contributed by atoms with Crippen LogP contribution in [-0.4, -0.2) is 32.0 Å². The molecule has 4 rings (SSSR count). The van der Waals surface area contributed by atoms with E-state index in [1.165, 1.54) is 10.9 Å². The van der Waals surface area contributed by atoms with E-state index >= 15 is 0 Å². The van der Waals surface area contributed by atoms with Gasteiger partial charge in [0, 0.05) is 11.1 Å². The number of tetrazole rings is 1. The first-order valence-corrected chi connectivity index (χ1v) is 10.5. The summed E-state index contributed by atoms with van der Waals surface area (Å²) in [6, 6.07) is 17.8. The smallest absolute Gasteiger partial charge is 0.267 e. The Balaban J connectivity index is 1.35. The Hall–Kier alpha value is -3.27. The summed E-state index contributed by atoms with van der Waals surface area (Å²) in [6.45, 7) is 0.399. The second-order valence-corrected chi connectivity index (χ2v) is 8.64. The summed E-state index contributed by atoms with van der Waals surface area (Å²) in [6.07, 6.45) is 0. The fraction of sp³-hybridized carbons (Fsp3) is 0.0500. The number of nitrogens with zero attached hydrogens (tertiary/aromatic N) is 4. The summed E-state index contributed by atoms with van der Waals surface area (Å²) >= 11 is 12.8. The molecule has 0 spiro atoms. The number of carbonyl (C=O) groups excluding carboxylic acids is 2. The van der Waals surface area contributed by atoms with Crippen LogP contribution in [-0.2, 0) is 6.54 Å². The molecule has 2 N–H and O–H groups in total. The third-order valence-electron chi connectivity index (χ3n) is 4.22. The highest BCUT2D eigenvalue weighted by Gasteiger charge is 2.15. The van der Waals surface area contributed by atoms with Crippen molar-refractivity contribution in [1.82, 2.24) is 31.1 Å². The van der Waals surface area contributed by atoms with Gasteiger partial charge in [-0.15, -0.1) is 21.5 Å². The number of amides is 2. The van der Waals surface area contributed by atoms with Crippen molar-refractivity contribution < 1.29 is 9.59 Å². The van der Waals surface area contributed by atoms with Crippen molar-refractivity contribution in [3.8, 4) is 11.4 Å². The van der Waals surface area contributed by atoms with Crippen molar-refractivity contribution in [1.29, 1.82) is 0 Å². The van der Waals surface area contributed by atoms with Gasteiger partial charge in [-0.25, -0.2) is 0 Å². The molecule has 0 aliphatic carbocycles. The van der Waals surface area contributed by atoms with Gasteiger partial charge in [-0.3, -0.25) is 20.4 Å². The zero-order valence-corrected chi connectivity index (χ0v) is 18.1. The third kappa shape index (κ3) is 5.08. The first-order chi connectivity index (χ1) is 15.0. The molecule has 0 bridgehead atoms. The molecule has 2 aromatic carbocycles. The van der Waals surface area contributed by atoms with Crippen LogP contribution in [0.3, 0.4) is 0 Å².